The molecule has 1 unspecified atom stereocenters. The maximum absolute atomic E-state index is 12.7. The Hall–Kier alpha value is -1.84. The van der Waals surface area contributed by atoms with Crippen LogP contribution in [0.4, 0.5) is 5.69 Å². The van der Waals surface area contributed by atoms with E-state index in [1.807, 2.05) is 30.3 Å². The molecule has 0 aromatic heterocycles. The van der Waals surface area contributed by atoms with Gasteiger partial charge in [-0.25, -0.2) is 0 Å². The number of hydrogen-bond donors (Lipinski definition) is 1. The largest absolute Gasteiger partial charge is 0.326 e. The average molecular weight is 385 g/mol. The Balaban J connectivity index is 1.53. The summed E-state index contributed by atoms with van der Waals surface area (Å²) in [6.45, 7) is 4.88. The van der Waals surface area contributed by atoms with Gasteiger partial charge in [0.2, 0.25) is 5.91 Å². The van der Waals surface area contributed by atoms with Crippen LogP contribution >= 0.6 is 11.6 Å². The van der Waals surface area contributed by atoms with Crippen LogP contribution in [-0.2, 0) is 17.8 Å². The van der Waals surface area contributed by atoms with Crippen molar-refractivity contribution in [3.8, 4) is 0 Å². The predicted octanol–water partition coefficient (Wildman–Crippen LogP) is 5.53. The van der Waals surface area contributed by atoms with Crippen LogP contribution in [0, 0.1) is 5.92 Å². The van der Waals surface area contributed by atoms with Crippen LogP contribution in [0.25, 0.3) is 0 Å². The molecule has 1 saturated heterocycles. The highest BCUT2D eigenvalue weighted by Crippen LogP contribution is 2.22. The Morgan fingerprint density at radius 3 is 2.74 bits per heavy atom. The fourth-order valence-electron chi connectivity index (χ4n) is 3.69. The molecule has 1 aliphatic heterocycles. The molecule has 0 spiro atoms. The summed E-state index contributed by atoms with van der Waals surface area (Å²) in [4.78, 5) is 15.1. The maximum Gasteiger partial charge on any atom is 0.228 e. The highest BCUT2D eigenvalue weighted by atomic mass is 35.5. The Bertz CT molecular complexity index is 744. The summed E-state index contributed by atoms with van der Waals surface area (Å²) in [5.41, 5.74) is 3.43. The van der Waals surface area contributed by atoms with E-state index in [-0.39, 0.29) is 11.8 Å². The van der Waals surface area contributed by atoms with Crippen molar-refractivity contribution < 1.29 is 4.79 Å². The number of aryl methyl sites for hydroxylation is 1. The highest BCUT2D eigenvalue weighted by Gasteiger charge is 2.25. The minimum absolute atomic E-state index is 0.0395. The number of nitrogens with one attached hydrogen (secondary N) is 1. The fourth-order valence-corrected chi connectivity index (χ4v) is 3.90. The number of likely N-dealkylation sites (tertiary alicyclic amines) is 1. The summed E-state index contributed by atoms with van der Waals surface area (Å²) in [7, 11) is 0. The van der Waals surface area contributed by atoms with Crippen molar-refractivity contribution in [1.29, 1.82) is 0 Å². The minimum Gasteiger partial charge on any atom is -0.326 e. The molecule has 3 rings (SSSR count). The number of nitrogens with zero attached hydrogens (tertiary/aromatic N) is 1. The zero-order chi connectivity index (χ0) is 19.1. The molecule has 0 saturated carbocycles. The van der Waals surface area contributed by atoms with Crippen LogP contribution in [0.5, 0.6) is 0 Å². The van der Waals surface area contributed by atoms with Gasteiger partial charge in [0, 0.05) is 23.8 Å². The van der Waals surface area contributed by atoms with E-state index in [9.17, 15) is 4.79 Å². The molecule has 144 valence electrons. The van der Waals surface area contributed by atoms with Gasteiger partial charge in [-0.05, 0) is 67.6 Å². The average Bonchev–Trinajstić information content (AvgIpc) is 2.68. The normalized spacial score (nSPS) is 17.6. The summed E-state index contributed by atoms with van der Waals surface area (Å²) in [6, 6.07) is 16.3. The Morgan fingerprint density at radius 2 is 2.00 bits per heavy atom. The van der Waals surface area contributed by atoms with Gasteiger partial charge in [0.25, 0.3) is 0 Å². The second-order valence-corrected chi connectivity index (χ2v) is 7.93. The zero-order valence-corrected chi connectivity index (χ0v) is 16.8. The van der Waals surface area contributed by atoms with Crippen molar-refractivity contribution in [3.63, 3.8) is 0 Å². The van der Waals surface area contributed by atoms with E-state index in [4.69, 9.17) is 11.6 Å². The number of benzene rings is 2. The first-order valence-electron chi connectivity index (χ1n) is 10.0. The van der Waals surface area contributed by atoms with Crippen LogP contribution < -0.4 is 5.32 Å². The number of hydrogen-bond acceptors (Lipinski definition) is 2. The number of halogens is 1. The molecule has 2 aromatic carbocycles. The van der Waals surface area contributed by atoms with Crippen molar-refractivity contribution in [1.82, 2.24) is 4.90 Å². The summed E-state index contributed by atoms with van der Waals surface area (Å²) >= 11 is 6.09. The summed E-state index contributed by atoms with van der Waals surface area (Å²) in [5.74, 6) is 0.171. The smallest absolute Gasteiger partial charge is 0.228 e. The molecule has 1 atom stereocenters. The molecule has 1 fully saturated rings. The number of carbonyl (C=O) groups is 1. The van der Waals surface area contributed by atoms with Crippen LogP contribution in [0.1, 0.15) is 43.7 Å². The van der Waals surface area contributed by atoms with Gasteiger partial charge in [-0.1, -0.05) is 49.2 Å². The van der Waals surface area contributed by atoms with E-state index in [1.54, 1.807) is 0 Å². The molecule has 0 radical (unpaired) electrons. The first-order chi connectivity index (χ1) is 13.1. The second-order valence-electron chi connectivity index (χ2n) is 7.49. The quantitative estimate of drug-likeness (QED) is 0.680. The van der Waals surface area contributed by atoms with Crippen LogP contribution in [0.15, 0.2) is 48.5 Å². The molecule has 0 bridgehead atoms. The van der Waals surface area contributed by atoms with Gasteiger partial charge in [-0.15, -0.1) is 0 Å². The summed E-state index contributed by atoms with van der Waals surface area (Å²) in [6.07, 6.45) is 5.51. The van der Waals surface area contributed by atoms with Crippen molar-refractivity contribution in [3.05, 3.63) is 64.7 Å². The number of unbranched alkanes of at least 4 members (excludes halogenated alkanes) is 1. The molecule has 1 aliphatic rings. The standard InChI is InChI=1S/C23H29ClN2O/c1-2-3-6-18-10-12-22(13-11-18)25-23(27)20-8-5-14-26(17-20)16-19-7-4-9-21(24)15-19/h4,7,9-13,15,20H,2-3,5-6,8,14,16-17H2,1H3,(H,25,27). The molecule has 1 N–H and O–H groups in total. The van der Waals surface area contributed by atoms with Gasteiger partial charge >= 0.3 is 0 Å². The number of carbonyl (C=O) groups excluding carboxylic acids is 1. The number of piperidine rings is 1. The molecule has 2 aromatic rings. The molecule has 27 heavy (non-hydrogen) atoms. The summed E-state index contributed by atoms with van der Waals surface area (Å²) < 4.78 is 0. The third-order valence-electron chi connectivity index (χ3n) is 5.21. The lowest BCUT2D eigenvalue weighted by Crippen LogP contribution is -2.40. The predicted molar refractivity (Wildman–Crippen MR) is 113 cm³/mol. The fraction of sp³-hybridized carbons (Fsp3) is 0.435. The van der Waals surface area contributed by atoms with E-state index in [0.29, 0.717) is 0 Å². The van der Waals surface area contributed by atoms with E-state index in [0.717, 1.165) is 49.6 Å². The highest BCUT2D eigenvalue weighted by molar-refractivity contribution is 6.30. The van der Waals surface area contributed by atoms with Crippen molar-refractivity contribution in [2.75, 3.05) is 18.4 Å². The third-order valence-corrected chi connectivity index (χ3v) is 5.45. The Morgan fingerprint density at radius 1 is 1.19 bits per heavy atom. The second kappa shape index (κ2) is 9.91. The molecule has 1 heterocycles. The monoisotopic (exact) mass is 384 g/mol. The molecule has 0 aliphatic carbocycles. The molecule has 4 heteroatoms. The van der Waals surface area contributed by atoms with Gasteiger partial charge in [0.15, 0.2) is 0 Å². The van der Waals surface area contributed by atoms with Gasteiger partial charge in [0.05, 0.1) is 5.92 Å². The van der Waals surface area contributed by atoms with Gasteiger partial charge in [0.1, 0.15) is 0 Å². The van der Waals surface area contributed by atoms with Crippen LogP contribution in [-0.4, -0.2) is 23.9 Å². The molecule has 3 nitrogen and oxygen atoms in total. The summed E-state index contributed by atoms with van der Waals surface area (Å²) in [5, 5.41) is 3.87. The lowest BCUT2D eigenvalue weighted by atomic mass is 9.96. The Labute approximate surface area is 167 Å². The number of amides is 1. The van der Waals surface area contributed by atoms with Gasteiger partial charge < -0.3 is 5.32 Å². The third kappa shape index (κ3) is 6.08. The minimum atomic E-state index is 0.0395. The van der Waals surface area contributed by atoms with E-state index < -0.39 is 0 Å². The molecular weight excluding hydrogens is 356 g/mol. The van der Waals surface area contributed by atoms with Crippen molar-refractivity contribution >= 4 is 23.2 Å². The van der Waals surface area contributed by atoms with E-state index in [1.165, 1.54) is 24.0 Å². The lowest BCUT2D eigenvalue weighted by molar-refractivity contribution is -0.121. The maximum atomic E-state index is 12.7. The molecule has 1 amide bonds. The topological polar surface area (TPSA) is 32.3 Å². The Kier molecular flexibility index (Phi) is 7.31. The zero-order valence-electron chi connectivity index (χ0n) is 16.1. The van der Waals surface area contributed by atoms with Crippen LogP contribution in [0.2, 0.25) is 5.02 Å². The number of rotatable bonds is 7. The lowest BCUT2D eigenvalue weighted by Gasteiger charge is -2.32. The van der Waals surface area contributed by atoms with E-state index in [2.05, 4.69) is 35.3 Å². The first-order valence-corrected chi connectivity index (χ1v) is 10.4. The first kappa shape index (κ1) is 19.9. The van der Waals surface area contributed by atoms with E-state index >= 15 is 0 Å². The van der Waals surface area contributed by atoms with Crippen LogP contribution in [0.3, 0.4) is 0 Å². The van der Waals surface area contributed by atoms with Gasteiger partial charge in [-0.2, -0.15) is 0 Å². The SMILES string of the molecule is CCCCc1ccc(NC(=O)C2CCCN(Cc3cccc(Cl)c3)C2)cc1. The van der Waals surface area contributed by atoms with Crippen molar-refractivity contribution in [2.24, 2.45) is 5.92 Å². The van der Waals surface area contributed by atoms with Crippen molar-refractivity contribution in [2.45, 2.75) is 45.6 Å². The van der Waals surface area contributed by atoms with Gasteiger partial charge in [-0.3, -0.25) is 9.69 Å². The molecular formula is C23H29ClN2O. The number of anilines is 1.